The van der Waals surface area contributed by atoms with E-state index in [4.69, 9.17) is 4.42 Å². The Morgan fingerprint density at radius 3 is 2.50 bits per heavy atom. The number of carbonyl (C=O) groups excluding carboxylic acids is 1. The SMILES string of the molecule is C=CC(N)=O.O=c1ccc2ccccc2o1. The van der Waals surface area contributed by atoms with E-state index < -0.39 is 5.91 Å². The maximum Gasteiger partial charge on any atom is 0.336 e. The van der Waals surface area contributed by atoms with Crippen molar-refractivity contribution in [3.8, 4) is 0 Å². The largest absolute Gasteiger partial charge is 0.423 e. The molecule has 0 aliphatic carbocycles. The Morgan fingerprint density at radius 1 is 1.25 bits per heavy atom. The summed E-state index contributed by atoms with van der Waals surface area (Å²) in [6, 6.07) is 10.6. The molecule has 0 bridgehead atoms. The van der Waals surface area contributed by atoms with E-state index in [0.29, 0.717) is 5.58 Å². The second-order valence-electron chi connectivity index (χ2n) is 2.90. The highest BCUT2D eigenvalue weighted by Gasteiger charge is 1.92. The molecule has 0 radical (unpaired) electrons. The molecule has 82 valence electrons. The van der Waals surface area contributed by atoms with Crippen molar-refractivity contribution in [1.29, 1.82) is 0 Å². The molecule has 0 unspecified atom stereocenters. The summed E-state index contributed by atoms with van der Waals surface area (Å²) < 4.78 is 4.91. The lowest BCUT2D eigenvalue weighted by atomic mass is 10.2. The fraction of sp³-hybridized carbons (Fsp3) is 0. The number of hydrogen-bond donors (Lipinski definition) is 1. The number of amides is 1. The zero-order chi connectivity index (χ0) is 12.0. The molecule has 1 aromatic carbocycles. The standard InChI is InChI=1S/C9H6O2.C3H5NO/c10-9-6-5-7-3-1-2-4-8(7)11-9;1-2-3(4)5/h1-6H;2H,1H2,(H2,4,5). The van der Waals surface area contributed by atoms with Gasteiger partial charge in [-0.2, -0.15) is 0 Å². The lowest BCUT2D eigenvalue weighted by molar-refractivity contribution is -0.113. The van der Waals surface area contributed by atoms with Crippen molar-refractivity contribution in [3.05, 3.63) is 59.5 Å². The maximum atomic E-state index is 10.7. The van der Waals surface area contributed by atoms with Crippen LogP contribution in [-0.4, -0.2) is 5.91 Å². The number of rotatable bonds is 1. The van der Waals surface area contributed by atoms with Crippen molar-refractivity contribution in [2.45, 2.75) is 0 Å². The summed E-state index contributed by atoms with van der Waals surface area (Å²) in [5.74, 6) is -0.481. The van der Waals surface area contributed by atoms with Gasteiger partial charge in [0.05, 0.1) is 0 Å². The summed E-state index contributed by atoms with van der Waals surface area (Å²) in [7, 11) is 0. The summed E-state index contributed by atoms with van der Waals surface area (Å²) in [6.07, 6.45) is 1.06. The monoisotopic (exact) mass is 217 g/mol. The van der Waals surface area contributed by atoms with Gasteiger partial charge in [0, 0.05) is 11.5 Å². The minimum Gasteiger partial charge on any atom is -0.423 e. The van der Waals surface area contributed by atoms with Crippen molar-refractivity contribution in [2.75, 3.05) is 0 Å². The molecular weight excluding hydrogens is 206 g/mol. The first-order valence-corrected chi connectivity index (χ1v) is 4.54. The van der Waals surface area contributed by atoms with E-state index in [1.165, 1.54) is 6.07 Å². The molecule has 2 N–H and O–H groups in total. The Labute approximate surface area is 92.0 Å². The van der Waals surface area contributed by atoms with Crippen LogP contribution in [0.3, 0.4) is 0 Å². The number of fused-ring (bicyclic) bond motifs is 1. The Hall–Kier alpha value is -2.36. The molecule has 0 fully saturated rings. The molecule has 0 atom stereocenters. The third-order valence-electron chi connectivity index (χ3n) is 1.73. The van der Waals surface area contributed by atoms with Crippen LogP contribution in [0.5, 0.6) is 0 Å². The summed E-state index contributed by atoms with van der Waals surface area (Å²) >= 11 is 0. The zero-order valence-electron chi connectivity index (χ0n) is 8.55. The van der Waals surface area contributed by atoms with Crippen LogP contribution in [0.25, 0.3) is 11.0 Å². The molecule has 2 rings (SSSR count). The molecule has 4 heteroatoms. The molecule has 0 saturated heterocycles. The van der Waals surface area contributed by atoms with Gasteiger partial charge < -0.3 is 10.2 Å². The molecule has 4 nitrogen and oxygen atoms in total. The Balaban J connectivity index is 0.000000221. The van der Waals surface area contributed by atoms with Crippen molar-refractivity contribution < 1.29 is 9.21 Å². The van der Waals surface area contributed by atoms with Crippen molar-refractivity contribution in [1.82, 2.24) is 0 Å². The van der Waals surface area contributed by atoms with Crippen LogP contribution in [0.4, 0.5) is 0 Å². The first-order chi connectivity index (χ1) is 7.63. The van der Waals surface area contributed by atoms with E-state index in [1.54, 1.807) is 12.1 Å². The lowest BCUT2D eigenvalue weighted by Gasteiger charge is -1.91. The van der Waals surface area contributed by atoms with Crippen LogP contribution in [0, 0.1) is 0 Å². The topological polar surface area (TPSA) is 73.3 Å². The molecule has 1 amide bonds. The average molecular weight is 217 g/mol. The quantitative estimate of drug-likeness (QED) is 0.580. The van der Waals surface area contributed by atoms with E-state index in [-0.39, 0.29) is 5.63 Å². The highest BCUT2D eigenvalue weighted by Crippen LogP contribution is 2.08. The third-order valence-corrected chi connectivity index (χ3v) is 1.73. The minimum absolute atomic E-state index is 0.302. The number of nitrogens with two attached hydrogens (primary N) is 1. The summed E-state index contributed by atoms with van der Waals surface area (Å²) in [5, 5.41) is 0.951. The minimum atomic E-state index is -0.481. The average Bonchev–Trinajstić information content (AvgIpc) is 2.29. The predicted octanol–water partition coefficient (Wildman–Crippen LogP) is 1.45. The Morgan fingerprint density at radius 2 is 1.88 bits per heavy atom. The smallest absolute Gasteiger partial charge is 0.336 e. The van der Waals surface area contributed by atoms with Gasteiger partial charge >= 0.3 is 5.63 Å². The molecular formula is C12H11NO3. The highest BCUT2D eigenvalue weighted by atomic mass is 16.4. The van der Waals surface area contributed by atoms with Crippen LogP contribution in [-0.2, 0) is 4.79 Å². The molecule has 0 aliphatic rings. The fourth-order valence-corrected chi connectivity index (χ4v) is 1.01. The summed E-state index contributed by atoms with van der Waals surface area (Å²) in [6.45, 7) is 3.09. The molecule has 0 spiro atoms. The van der Waals surface area contributed by atoms with Gasteiger partial charge in [-0.3, -0.25) is 4.79 Å². The summed E-state index contributed by atoms with van der Waals surface area (Å²) in [4.78, 5) is 20.2. The number of hydrogen-bond acceptors (Lipinski definition) is 3. The first-order valence-electron chi connectivity index (χ1n) is 4.54. The molecule has 2 aromatic rings. The number of benzene rings is 1. The normalized spacial score (nSPS) is 9.00. The van der Waals surface area contributed by atoms with Gasteiger partial charge in [-0.25, -0.2) is 4.79 Å². The van der Waals surface area contributed by atoms with Gasteiger partial charge in [0.1, 0.15) is 5.58 Å². The van der Waals surface area contributed by atoms with Gasteiger partial charge in [0.15, 0.2) is 0 Å². The zero-order valence-corrected chi connectivity index (χ0v) is 8.55. The van der Waals surface area contributed by atoms with Crippen LogP contribution in [0.1, 0.15) is 0 Å². The van der Waals surface area contributed by atoms with E-state index >= 15 is 0 Å². The van der Waals surface area contributed by atoms with Crippen LogP contribution < -0.4 is 11.4 Å². The predicted molar refractivity (Wildman–Crippen MR) is 61.9 cm³/mol. The third kappa shape index (κ3) is 3.42. The molecule has 0 saturated carbocycles. The van der Waals surface area contributed by atoms with Crippen LogP contribution in [0.2, 0.25) is 0 Å². The highest BCUT2D eigenvalue weighted by molar-refractivity contribution is 5.85. The van der Waals surface area contributed by atoms with Crippen molar-refractivity contribution in [2.24, 2.45) is 5.73 Å². The van der Waals surface area contributed by atoms with Gasteiger partial charge in [-0.1, -0.05) is 24.8 Å². The van der Waals surface area contributed by atoms with E-state index in [2.05, 4.69) is 12.3 Å². The van der Waals surface area contributed by atoms with Gasteiger partial charge in [-0.15, -0.1) is 0 Å². The number of para-hydroxylation sites is 1. The van der Waals surface area contributed by atoms with E-state index in [1.807, 2.05) is 18.2 Å². The van der Waals surface area contributed by atoms with Gasteiger partial charge in [0.25, 0.3) is 0 Å². The lowest BCUT2D eigenvalue weighted by Crippen LogP contribution is -2.04. The van der Waals surface area contributed by atoms with Gasteiger partial charge in [-0.05, 0) is 18.2 Å². The number of carbonyl (C=O) groups is 1. The maximum absolute atomic E-state index is 10.7. The second-order valence-corrected chi connectivity index (χ2v) is 2.90. The van der Waals surface area contributed by atoms with Crippen LogP contribution in [0.15, 0.2) is 58.3 Å². The molecule has 1 heterocycles. The Kier molecular flexibility index (Phi) is 4.03. The van der Waals surface area contributed by atoms with E-state index in [0.717, 1.165) is 11.5 Å². The van der Waals surface area contributed by atoms with Crippen molar-refractivity contribution >= 4 is 16.9 Å². The molecule has 1 aromatic heterocycles. The van der Waals surface area contributed by atoms with Gasteiger partial charge in [0.2, 0.25) is 5.91 Å². The van der Waals surface area contributed by atoms with E-state index in [9.17, 15) is 9.59 Å². The second kappa shape index (κ2) is 5.50. The van der Waals surface area contributed by atoms with Crippen LogP contribution >= 0.6 is 0 Å². The van der Waals surface area contributed by atoms with Crippen molar-refractivity contribution in [3.63, 3.8) is 0 Å². The summed E-state index contributed by atoms with van der Waals surface area (Å²) in [5.41, 5.74) is 4.87. The molecule has 16 heavy (non-hydrogen) atoms. The molecule has 0 aliphatic heterocycles. The first kappa shape index (κ1) is 11.7. The number of primary amides is 1. The Bertz CT molecular complexity index is 557. The fourth-order valence-electron chi connectivity index (χ4n) is 1.01.